The summed E-state index contributed by atoms with van der Waals surface area (Å²) in [5, 5.41) is 0. The van der Waals surface area contributed by atoms with Gasteiger partial charge in [-0.3, -0.25) is 9.79 Å². The predicted molar refractivity (Wildman–Crippen MR) is 77.8 cm³/mol. The fourth-order valence-electron chi connectivity index (χ4n) is 3.25. The van der Waals surface area contributed by atoms with Crippen molar-refractivity contribution >= 4 is 11.5 Å². The van der Waals surface area contributed by atoms with Crippen LogP contribution in [0.3, 0.4) is 0 Å². The number of Topliss-reactive ketones (excluding diaryl/α,β-unsaturated/α-hetero) is 1. The van der Waals surface area contributed by atoms with Crippen LogP contribution in [-0.2, 0) is 11.0 Å². The lowest BCUT2D eigenvalue weighted by Gasteiger charge is -2.29. The monoisotopic (exact) mass is 307 g/mol. The van der Waals surface area contributed by atoms with Gasteiger partial charge in [0.25, 0.3) is 0 Å². The SMILES string of the molecule is CC1=NC2=C(C(=O)CCC2)C(c2cccc(C(F)(F)F)c2)C1. The minimum Gasteiger partial charge on any atom is -0.294 e. The van der Waals surface area contributed by atoms with Gasteiger partial charge in [-0.25, -0.2) is 0 Å². The number of aliphatic imine (C=N–C) groups is 1. The van der Waals surface area contributed by atoms with E-state index in [1.54, 1.807) is 6.07 Å². The Kier molecular flexibility index (Phi) is 3.67. The van der Waals surface area contributed by atoms with Crippen LogP contribution < -0.4 is 0 Å². The summed E-state index contributed by atoms with van der Waals surface area (Å²) in [5.41, 5.74) is 2.14. The Bertz CT molecular complexity index is 685. The van der Waals surface area contributed by atoms with Gasteiger partial charge in [0.05, 0.1) is 5.56 Å². The summed E-state index contributed by atoms with van der Waals surface area (Å²) in [6, 6.07) is 5.30. The molecule has 22 heavy (non-hydrogen) atoms. The number of carbonyl (C=O) groups is 1. The molecule has 5 heteroatoms. The molecule has 0 radical (unpaired) electrons. The lowest BCUT2D eigenvalue weighted by Crippen LogP contribution is -2.23. The Hall–Kier alpha value is -1.91. The van der Waals surface area contributed by atoms with Crippen molar-refractivity contribution in [1.29, 1.82) is 0 Å². The van der Waals surface area contributed by atoms with Crippen molar-refractivity contribution in [3.63, 3.8) is 0 Å². The second kappa shape index (κ2) is 5.38. The minimum atomic E-state index is -4.37. The molecule has 0 spiro atoms. The molecule has 0 fully saturated rings. The summed E-state index contributed by atoms with van der Waals surface area (Å²) in [6.45, 7) is 1.86. The number of halogens is 3. The summed E-state index contributed by atoms with van der Waals surface area (Å²) in [6.07, 6.45) is -1.91. The first-order chi connectivity index (χ1) is 10.4. The lowest BCUT2D eigenvalue weighted by molar-refractivity contribution is -0.137. The molecule has 1 aliphatic carbocycles. The van der Waals surface area contributed by atoms with Gasteiger partial charge in [-0.2, -0.15) is 13.2 Å². The number of hydrogen-bond donors (Lipinski definition) is 0. The first kappa shape index (κ1) is 15.0. The molecular formula is C17H16F3NO. The van der Waals surface area contributed by atoms with Crippen molar-refractivity contribution in [3.05, 3.63) is 46.7 Å². The van der Waals surface area contributed by atoms with E-state index >= 15 is 0 Å². The number of benzene rings is 1. The fraction of sp³-hybridized carbons (Fsp3) is 0.412. The average Bonchev–Trinajstić information content (AvgIpc) is 2.45. The number of nitrogens with zero attached hydrogens (tertiary/aromatic N) is 1. The van der Waals surface area contributed by atoms with Crippen LogP contribution in [0.4, 0.5) is 13.2 Å². The zero-order valence-corrected chi connectivity index (χ0v) is 12.2. The maximum Gasteiger partial charge on any atom is 0.416 e. The maximum absolute atomic E-state index is 12.9. The molecule has 1 aromatic rings. The van der Waals surface area contributed by atoms with Gasteiger partial charge in [0.15, 0.2) is 5.78 Å². The number of hydrogen-bond acceptors (Lipinski definition) is 2. The van der Waals surface area contributed by atoms with Crippen LogP contribution in [0.25, 0.3) is 0 Å². The van der Waals surface area contributed by atoms with Crippen LogP contribution in [0, 0.1) is 0 Å². The van der Waals surface area contributed by atoms with Crippen LogP contribution in [0.15, 0.2) is 40.5 Å². The normalized spacial score (nSPS) is 22.5. The smallest absolute Gasteiger partial charge is 0.294 e. The van der Waals surface area contributed by atoms with Gasteiger partial charge < -0.3 is 0 Å². The van der Waals surface area contributed by atoms with Gasteiger partial charge in [-0.1, -0.05) is 18.2 Å². The van der Waals surface area contributed by atoms with E-state index < -0.39 is 11.7 Å². The van der Waals surface area contributed by atoms with Gasteiger partial charge in [-0.15, -0.1) is 0 Å². The van der Waals surface area contributed by atoms with E-state index in [0.717, 1.165) is 36.4 Å². The molecule has 2 nitrogen and oxygen atoms in total. The summed E-state index contributed by atoms with van der Waals surface area (Å²) >= 11 is 0. The van der Waals surface area contributed by atoms with Crippen molar-refractivity contribution in [2.24, 2.45) is 4.99 Å². The van der Waals surface area contributed by atoms with Crippen molar-refractivity contribution in [2.45, 2.75) is 44.7 Å². The number of alkyl halides is 3. The van der Waals surface area contributed by atoms with E-state index in [4.69, 9.17) is 0 Å². The van der Waals surface area contributed by atoms with E-state index in [-0.39, 0.29) is 11.7 Å². The lowest BCUT2D eigenvalue weighted by atomic mass is 9.77. The van der Waals surface area contributed by atoms with Gasteiger partial charge in [0, 0.05) is 29.3 Å². The third-order valence-corrected chi connectivity index (χ3v) is 4.22. The summed E-state index contributed by atoms with van der Waals surface area (Å²) in [7, 11) is 0. The van der Waals surface area contributed by atoms with Crippen LogP contribution in [0.2, 0.25) is 0 Å². The molecule has 0 saturated carbocycles. The Morgan fingerprint density at radius 3 is 2.73 bits per heavy atom. The molecule has 1 unspecified atom stereocenters. The van der Waals surface area contributed by atoms with Gasteiger partial charge in [-0.05, 0) is 37.8 Å². The predicted octanol–water partition coefficient (Wildman–Crippen LogP) is 4.66. The molecule has 0 aromatic heterocycles. The van der Waals surface area contributed by atoms with Crippen LogP contribution >= 0.6 is 0 Å². The van der Waals surface area contributed by atoms with Gasteiger partial charge in [0.1, 0.15) is 0 Å². The highest BCUT2D eigenvalue weighted by Gasteiger charge is 2.34. The van der Waals surface area contributed by atoms with E-state index in [9.17, 15) is 18.0 Å². The number of rotatable bonds is 1. The second-order valence-corrected chi connectivity index (χ2v) is 5.86. The number of ketones is 1. The van der Waals surface area contributed by atoms with Crippen LogP contribution in [0.1, 0.15) is 49.7 Å². The number of allylic oxidation sites excluding steroid dienone is 2. The molecule has 116 valence electrons. The Morgan fingerprint density at radius 1 is 1.23 bits per heavy atom. The molecule has 0 saturated heterocycles. The van der Waals surface area contributed by atoms with Crippen molar-refractivity contribution < 1.29 is 18.0 Å². The first-order valence-corrected chi connectivity index (χ1v) is 7.34. The van der Waals surface area contributed by atoms with Gasteiger partial charge in [0.2, 0.25) is 0 Å². The first-order valence-electron chi connectivity index (χ1n) is 7.34. The van der Waals surface area contributed by atoms with Crippen molar-refractivity contribution in [3.8, 4) is 0 Å². The molecule has 1 heterocycles. The standard InChI is InChI=1S/C17H16F3NO/c1-10-8-13(16-14(21-10)6-3-7-15(16)22)11-4-2-5-12(9-11)17(18,19)20/h2,4-5,9,13H,3,6-8H2,1H3. The average molecular weight is 307 g/mol. The quantitative estimate of drug-likeness (QED) is 0.742. The highest BCUT2D eigenvalue weighted by Crippen LogP contribution is 2.41. The van der Waals surface area contributed by atoms with Crippen LogP contribution in [-0.4, -0.2) is 11.5 Å². The molecular weight excluding hydrogens is 291 g/mol. The zero-order valence-electron chi connectivity index (χ0n) is 12.2. The highest BCUT2D eigenvalue weighted by molar-refractivity contribution is 6.01. The van der Waals surface area contributed by atoms with E-state index in [2.05, 4.69) is 4.99 Å². The van der Waals surface area contributed by atoms with Gasteiger partial charge >= 0.3 is 6.18 Å². The fourth-order valence-corrected chi connectivity index (χ4v) is 3.25. The Morgan fingerprint density at radius 2 is 2.00 bits per heavy atom. The van der Waals surface area contributed by atoms with E-state index in [1.165, 1.54) is 6.07 Å². The third-order valence-electron chi connectivity index (χ3n) is 4.22. The summed E-state index contributed by atoms with van der Waals surface area (Å²) < 4.78 is 38.8. The second-order valence-electron chi connectivity index (χ2n) is 5.86. The van der Waals surface area contributed by atoms with Crippen molar-refractivity contribution in [1.82, 2.24) is 0 Å². The largest absolute Gasteiger partial charge is 0.416 e. The van der Waals surface area contributed by atoms with Crippen LogP contribution in [0.5, 0.6) is 0 Å². The highest BCUT2D eigenvalue weighted by atomic mass is 19.4. The molecule has 3 rings (SSSR count). The number of carbonyl (C=O) groups excluding carboxylic acids is 1. The molecule has 0 bridgehead atoms. The van der Waals surface area contributed by atoms with E-state index in [1.807, 2.05) is 6.92 Å². The molecule has 1 aliphatic heterocycles. The Labute approximate surface area is 126 Å². The van der Waals surface area contributed by atoms with Crippen molar-refractivity contribution in [2.75, 3.05) is 0 Å². The molecule has 1 atom stereocenters. The molecule has 0 N–H and O–H groups in total. The topological polar surface area (TPSA) is 29.4 Å². The third kappa shape index (κ3) is 2.72. The molecule has 1 aromatic carbocycles. The summed E-state index contributed by atoms with van der Waals surface area (Å²) in [4.78, 5) is 16.7. The zero-order chi connectivity index (χ0) is 15.9. The Balaban J connectivity index is 2.06. The maximum atomic E-state index is 12.9. The molecule has 0 amide bonds. The molecule has 2 aliphatic rings. The summed E-state index contributed by atoms with van der Waals surface area (Å²) in [5.74, 6) is -0.275. The minimum absolute atomic E-state index is 0.0277. The van der Waals surface area contributed by atoms with E-state index in [0.29, 0.717) is 24.0 Å².